The second-order valence-corrected chi connectivity index (χ2v) is 4.82. The molecule has 1 unspecified atom stereocenters. The van der Waals surface area contributed by atoms with Gasteiger partial charge >= 0.3 is 0 Å². The van der Waals surface area contributed by atoms with Crippen molar-refractivity contribution < 1.29 is 9.13 Å². The van der Waals surface area contributed by atoms with E-state index < -0.39 is 0 Å². The van der Waals surface area contributed by atoms with E-state index in [2.05, 4.69) is 12.2 Å². The zero-order valence-electron chi connectivity index (χ0n) is 11.0. The highest BCUT2D eigenvalue weighted by Gasteiger charge is 2.10. The Hall–Kier alpha value is -0.640. The number of halogens is 2. The zero-order chi connectivity index (χ0) is 13.4. The van der Waals surface area contributed by atoms with Crippen LogP contribution in [-0.4, -0.2) is 26.8 Å². The smallest absolute Gasteiger partial charge is 0.124 e. The number of methoxy groups -OCH3 is 1. The SMILES string of the molecule is CCC(CNCCOC)Cc1ccc(F)cc1Cl. The molecule has 0 saturated heterocycles. The van der Waals surface area contributed by atoms with Crippen LogP contribution in [0.2, 0.25) is 5.02 Å². The van der Waals surface area contributed by atoms with Crippen molar-refractivity contribution in [1.29, 1.82) is 0 Å². The van der Waals surface area contributed by atoms with Gasteiger partial charge in [0.25, 0.3) is 0 Å². The maximum atomic E-state index is 12.9. The molecule has 0 aromatic heterocycles. The van der Waals surface area contributed by atoms with Crippen LogP contribution in [-0.2, 0) is 11.2 Å². The lowest BCUT2D eigenvalue weighted by atomic mass is 9.97. The highest BCUT2D eigenvalue weighted by molar-refractivity contribution is 6.31. The van der Waals surface area contributed by atoms with E-state index in [0.717, 1.165) is 31.5 Å². The number of hydrogen-bond acceptors (Lipinski definition) is 2. The van der Waals surface area contributed by atoms with Crippen molar-refractivity contribution in [3.05, 3.63) is 34.6 Å². The largest absolute Gasteiger partial charge is 0.383 e. The van der Waals surface area contributed by atoms with Gasteiger partial charge in [-0.25, -0.2) is 4.39 Å². The maximum absolute atomic E-state index is 12.9. The molecule has 0 spiro atoms. The molecular weight excluding hydrogens is 253 g/mol. The second-order valence-electron chi connectivity index (χ2n) is 4.41. The summed E-state index contributed by atoms with van der Waals surface area (Å²) in [6, 6.07) is 4.61. The molecule has 1 rings (SSSR count). The quantitative estimate of drug-likeness (QED) is 0.734. The van der Waals surface area contributed by atoms with Crippen molar-refractivity contribution in [3.63, 3.8) is 0 Å². The third kappa shape index (κ3) is 5.34. The first-order chi connectivity index (χ1) is 8.67. The number of nitrogens with one attached hydrogen (secondary N) is 1. The van der Waals surface area contributed by atoms with Crippen LogP contribution in [0.4, 0.5) is 4.39 Å². The molecule has 0 radical (unpaired) electrons. The summed E-state index contributed by atoms with van der Waals surface area (Å²) in [6.07, 6.45) is 1.93. The predicted octanol–water partition coefficient (Wildman–Crippen LogP) is 3.28. The van der Waals surface area contributed by atoms with E-state index in [-0.39, 0.29) is 5.82 Å². The van der Waals surface area contributed by atoms with Crippen LogP contribution in [0.15, 0.2) is 18.2 Å². The normalized spacial score (nSPS) is 12.7. The second kappa shape index (κ2) is 8.46. The summed E-state index contributed by atoms with van der Waals surface area (Å²) in [6.45, 7) is 4.64. The molecule has 1 N–H and O–H groups in total. The molecule has 0 saturated carbocycles. The fraction of sp³-hybridized carbons (Fsp3) is 0.571. The Balaban J connectivity index is 2.46. The Morgan fingerprint density at radius 1 is 1.44 bits per heavy atom. The predicted molar refractivity (Wildman–Crippen MR) is 73.6 cm³/mol. The lowest BCUT2D eigenvalue weighted by Gasteiger charge is -2.16. The van der Waals surface area contributed by atoms with Crippen LogP contribution in [0, 0.1) is 11.7 Å². The summed E-state index contributed by atoms with van der Waals surface area (Å²) in [5, 5.41) is 3.87. The minimum atomic E-state index is -0.282. The number of rotatable bonds is 8. The summed E-state index contributed by atoms with van der Waals surface area (Å²) in [5.74, 6) is 0.222. The average molecular weight is 274 g/mol. The zero-order valence-corrected chi connectivity index (χ0v) is 11.8. The minimum Gasteiger partial charge on any atom is -0.383 e. The van der Waals surface area contributed by atoms with Crippen molar-refractivity contribution >= 4 is 11.6 Å². The van der Waals surface area contributed by atoms with Gasteiger partial charge in [0.15, 0.2) is 0 Å². The van der Waals surface area contributed by atoms with E-state index in [1.54, 1.807) is 13.2 Å². The van der Waals surface area contributed by atoms with Crippen LogP contribution < -0.4 is 5.32 Å². The highest BCUT2D eigenvalue weighted by Crippen LogP contribution is 2.21. The van der Waals surface area contributed by atoms with Gasteiger partial charge in [0.05, 0.1) is 6.61 Å². The Morgan fingerprint density at radius 2 is 2.22 bits per heavy atom. The molecule has 0 fully saturated rings. The van der Waals surface area contributed by atoms with Gasteiger partial charge in [-0.2, -0.15) is 0 Å². The third-order valence-corrected chi connectivity index (χ3v) is 3.37. The summed E-state index contributed by atoms with van der Waals surface area (Å²) in [4.78, 5) is 0. The molecule has 1 aromatic carbocycles. The average Bonchev–Trinajstić information content (AvgIpc) is 2.35. The van der Waals surface area contributed by atoms with E-state index in [9.17, 15) is 4.39 Å². The molecule has 0 heterocycles. The van der Waals surface area contributed by atoms with Gasteiger partial charge in [-0.3, -0.25) is 0 Å². The first-order valence-corrected chi connectivity index (χ1v) is 6.68. The molecular formula is C14H21ClFNO. The Morgan fingerprint density at radius 3 is 2.83 bits per heavy atom. The Labute approximate surface area is 113 Å². The van der Waals surface area contributed by atoms with Crippen LogP contribution >= 0.6 is 11.6 Å². The monoisotopic (exact) mass is 273 g/mol. The van der Waals surface area contributed by atoms with E-state index in [0.29, 0.717) is 17.5 Å². The Kier molecular flexibility index (Phi) is 7.25. The molecule has 0 amide bonds. The first kappa shape index (κ1) is 15.4. The topological polar surface area (TPSA) is 21.3 Å². The summed E-state index contributed by atoms with van der Waals surface area (Å²) >= 11 is 6.03. The van der Waals surface area contributed by atoms with Gasteiger partial charge < -0.3 is 10.1 Å². The molecule has 102 valence electrons. The van der Waals surface area contributed by atoms with E-state index in [1.807, 2.05) is 0 Å². The maximum Gasteiger partial charge on any atom is 0.124 e. The van der Waals surface area contributed by atoms with Gasteiger partial charge in [0.1, 0.15) is 5.82 Å². The van der Waals surface area contributed by atoms with E-state index in [1.165, 1.54) is 12.1 Å². The van der Waals surface area contributed by atoms with Crippen LogP contribution in [0.1, 0.15) is 18.9 Å². The standard InChI is InChI=1S/C14H21ClFNO/c1-3-11(10-17-6-7-18-2)8-12-4-5-13(16)9-14(12)15/h4-5,9,11,17H,3,6-8,10H2,1-2H3. The van der Waals surface area contributed by atoms with Gasteiger partial charge in [-0.05, 0) is 36.6 Å². The number of hydrogen-bond donors (Lipinski definition) is 1. The fourth-order valence-electron chi connectivity index (χ4n) is 1.84. The van der Waals surface area contributed by atoms with Gasteiger partial charge in [0.2, 0.25) is 0 Å². The molecule has 0 aliphatic rings. The lowest BCUT2D eigenvalue weighted by molar-refractivity contribution is 0.197. The van der Waals surface area contributed by atoms with Crippen molar-refractivity contribution in [2.45, 2.75) is 19.8 Å². The minimum absolute atomic E-state index is 0.282. The van der Waals surface area contributed by atoms with Gasteiger partial charge in [-0.1, -0.05) is 31.0 Å². The number of ether oxygens (including phenoxy) is 1. The fourth-order valence-corrected chi connectivity index (χ4v) is 2.08. The molecule has 4 heteroatoms. The van der Waals surface area contributed by atoms with Crippen LogP contribution in [0.5, 0.6) is 0 Å². The molecule has 0 aliphatic carbocycles. The van der Waals surface area contributed by atoms with Crippen molar-refractivity contribution in [3.8, 4) is 0 Å². The molecule has 18 heavy (non-hydrogen) atoms. The van der Waals surface area contributed by atoms with Gasteiger partial charge in [0, 0.05) is 18.7 Å². The van der Waals surface area contributed by atoms with E-state index >= 15 is 0 Å². The summed E-state index contributed by atoms with van der Waals surface area (Å²) in [5.41, 5.74) is 1.01. The van der Waals surface area contributed by atoms with Crippen LogP contribution in [0.3, 0.4) is 0 Å². The van der Waals surface area contributed by atoms with Crippen molar-refractivity contribution in [2.24, 2.45) is 5.92 Å². The summed E-state index contributed by atoms with van der Waals surface area (Å²) < 4.78 is 17.9. The summed E-state index contributed by atoms with van der Waals surface area (Å²) in [7, 11) is 1.69. The Bertz CT molecular complexity index is 360. The number of benzene rings is 1. The lowest BCUT2D eigenvalue weighted by Crippen LogP contribution is -2.27. The molecule has 0 aliphatic heterocycles. The van der Waals surface area contributed by atoms with E-state index in [4.69, 9.17) is 16.3 Å². The molecule has 2 nitrogen and oxygen atoms in total. The highest BCUT2D eigenvalue weighted by atomic mass is 35.5. The van der Waals surface area contributed by atoms with Crippen molar-refractivity contribution in [1.82, 2.24) is 5.32 Å². The third-order valence-electron chi connectivity index (χ3n) is 3.02. The molecule has 1 aromatic rings. The van der Waals surface area contributed by atoms with Crippen molar-refractivity contribution in [2.75, 3.05) is 26.8 Å². The molecule has 1 atom stereocenters. The molecule has 0 bridgehead atoms. The first-order valence-electron chi connectivity index (χ1n) is 6.31. The van der Waals surface area contributed by atoms with Crippen LogP contribution in [0.25, 0.3) is 0 Å². The van der Waals surface area contributed by atoms with Gasteiger partial charge in [-0.15, -0.1) is 0 Å².